The van der Waals surface area contributed by atoms with Crippen LogP contribution in [0.5, 0.6) is 0 Å². The molecule has 17 heavy (non-hydrogen) atoms. The normalized spacial score (nSPS) is 10.8. The van der Waals surface area contributed by atoms with Gasteiger partial charge in [-0.2, -0.15) is 5.10 Å². The third kappa shape index (κ3) is 2.19. The molecule has 90 valence electrons. The van der Waals surface area contributed by atoms with Gasteiger partial charge >= 0.3 is 0 Å². The fourth-order valence-corrected chi connectivity index (χ4v) is 1.71. The van der Waals surface area contributed by atoms with E-state index in [0.717, 1.165) is 5.56 Å². The molecular formula is C12H13F2N3. The van der Waals surface area contributed by atoms with Crippen LogP contribution in [-0.4, -0.2) is 17.2 Å². The van der Waals surface area contributed by atoms with Crippen LogP contribution >= 0.6 is 0 Å². The van der Waals surface area contributed by atoms with E-state index in [4.69, 9.17) is 0 Å². The molecule has 0 fully saturated rings. The van der Waals surface area contributed by atoms with Crippen molar-refractivity contribution >= 4 is 0 Å². The van der Waals surface area contributed by atoms with E-state index in [0.29, 0.717) is 17.8 Å². The maximum Gasteiger partial charge on any atom is 0.133 e. The Kier molecular flexibility index (Phi) is 3.19. The van der Waals surface area contributed by atoms with Gasteiger partial charge in [0.15, 0.2) is 0 Å². The largest absolute Gasteiger partial charge is 0.316 e. The standard InChI is InChI=1S/C12H13F2N3/c1-7-3-11(14)9(4-10(7)13)12-8(5-15-2)6-16-17-12/h3-4,6,15H,5H2,1-2H3,(H,16,17). The molecule has 0 aliphatic rings. The molecule has 2 N–H and O–H groups in total. The maximum absolute atomic E-state index is 13.8. The fraction of sp³-hybridized carbons (Fsp3) is 0.250. The van der Waals surface area contributed by atoms with Crippen LogP contribution in [0, 0.1) is 18.6 Å². The summed E-state index contributed by atoms with van der Waals surface area (Å²) in [7, 11) is 1.78. The summed E-state index contributed by atoms with van der Waals surface area (Å²) >= 11 is 0. The SMILES string of the molecule is CNCc1cn[nH]c1-c1cc(F)c(C)cc1F. The van der Waals surface area contributed by atoms with Gasteiger partial charge in [-0.25, -0.2) is 8.78 Å². The van der Waals surface area contributed by atoms with Gasteiger partial charge in [0.1, 0.15) is 11.6 Å². The van der Waals surface area contributed by atoms with Crippen LogP contribution in [-0.2, 0) is 6.54 Å². The minimum absolute atomic E-state index is 0.204. The molecule has 1 aromatic heterocycles. The highest BCUT2D eigenvalue weighted by molar-refractivity contribution is 5.63. The Labute approximate surface area is 97.9 Å². The van der Waals surface area contributed by atoms with Crippen molar-refractivity contribution in [2.75, 3.05) is 7.05 Å². The molecule has 1 aromatic carbocycles. The minimum Gasteiger partial charge on any atom is -0.316 e. The van der Waals surface area contributed by atoms with Crippen molar-refractivity contribution < 1.29 is 8.78 Å². The third-order valence-corrected chi connectivity index (χ3v) is 2.60. The predicted octanol–water partition coefficient (Wildman–Crippen LogP) is 2.38. The van der Waals surface area contributed by atoms with Gasteiger partial charge in [-0.1, -0.05) is 0 Å². The Bertz CT molecular complexity index is 535. The highest BCUT2D eigenvalue weighted by atomic mass is 19.1. The first-order chi connectivity index (χ1) is 8.13. The Hall–Kier alpha value is -1.75. The number of benzene rings is 1. The van der Waals surface area contributed by atoms with Crippen LogP contribution in [0.3, 0.4) is 0 Å². The number of rotatable bonds is 3. The van der Waals surface area contributed by atoms with E-state index >= 15 is 0 Å². The molecule has 0 atom stereocenters. The monoisotopic (exact) mass is 237 g/mol. The van der Waals surface area contributed by atoms with Crippen molar-refractivity contribution in [1.82, 2.24) is 15.5 Å². The number of H-pyrrole nitrogens is 1. The number of halogens is 2. The van der Waals surface area contributed by atoms with Crippen molar-refractivity contribution in [3.8, 4) is 11.3 Å². The van der Waals surface area contributed by atoms with Crippen LogP contribution in [0.15, 0.2) is 18.3 Å². The molecule has 0 aliphatic heterocycles. The van der Waals surface area contributed by atoms with E-state index in [1.807, 2.05) is 0 Å². The zero-order valence-corrected chi connectivity index (χ0v) is 9.64. The van der Waals surface area contributed by atoms with Gasteiger partial charge in [0, 0.05) is 17.7 Å². The Morgan fingerprint density at radius 1 is 1.29 bits per heavy atom. The minimum atomic E-state index is -0.453. The van der Waals surface area contributed by atoms with E-state index in [1.54, 1.807) is 13.2 Å². The molecule has 0 radical (unpaired) electrons. The summed E-state index contributed by atoms with van der Waals surface area (Å²) in [4.78, 5) is 0. The lowest BCUT2D eigenvalue weighted by atomic mass is 10.1. The summed E-state index contributed by atoms with van der Waals surface area (Å²) in [5, 5.41) is 9.50. The van der Waals surface area contributed by atoms with Crippen LogP contribution in [0.4, 0.5) is 8.78 Å². The average molecular weight is 237 g/mol. The third-order valence-electron chi connectivity index (χ3n) is 2.60. The first-order valence-corrected chi connectivity index (χ1v) is 5.26. The predicted molar refractivity (Wildman–Crippen MR) is 61.4 cm³/mol. The molecule has 0 unspecified atom stereocenters. The van der Waals surface area contributed by atoms with E-state index < -0.39 is 11.6 Å². The molecule has 0 aliphatic carbocycles. The highest BCUT2D eigenvalue weighted by Gasteiger charge is 2.14. The smallest absolute Gasteiger partial charge is 0.133 e. The van der Waals surface area contributed by atoms with Crippen LogP contribution in [0.1, 0.15) is 11.1 Å². The lowest BCUT2D eigenvalue weighted by Gasteiger charge is -2.06. The van der Waals surface area contributed by atoms with Crippen molar-refractivity contribution in [3.63, 3.8) is 0 Å². The van der Waals surface area contributed by atoms with E-state index in [9.17, 15) is 8.78 Å². The molecule has 0 amide bonds. The molecule has 0 spiro atoms. The number of aromatic amines is 1. The number of nitrogens with zero attached hydrogens (tertiary/aromatic N) is 1. The lowest BCUT2D eigenvalue weighted by molar-refractivity contribution is 0.594. The number of hydrogen-bond acceptors (Lipinski definition) is 2. The highest BCUT2D eigenvalue weighted by Crippen LogP contribution is 2.26. The molecular weight excluding hydrogens is 224 g/mol. The lowest BCUT2D eigenvalue weighted by Crippen LogP contribution is -2.05. The second kappa shape index (κ2) is 4.63. The topological polar surface area (TPSA) is 40.7 Å². The molecule has 2 rings (SSSR count). The van der Waals surface area contributed by atoms with Gasteiger partial charge in [-0.05, 0) is 31.7 Å². The van der Waals surface area contributed by atoms with E-state index in [2.05, 4.69) is 15.5 Å². The zero-order chi connectivity index (χ0) is 12.4. The summed E-state index contributed by atoms with van der Waals surface area (Å²) in [5.74, 6) is -0.878. The second-order valence-electron chi connectivity index (χ2n) is 3.88. The molecule has 1 heterocycles. The molecule has 5 heteroatoms. The summed E-state index contributed by atoms with van der Waals surface area (Å²) in [6.07, 6.45) is 1.60. The Morgan fingerprint density at radius 3 is 2.76 bits per heavy atom. The molecule has 2 aromatic rings. The first kappa shape index (κ1) is 11.7. The summed E-state index contributed by atoms with van der Waals surface area (Å²) in [6, 6.07) is 2.38. The van der Waals surface area contributed by atoms with Crippen molar-refractivity contribution in [3.05, 3.63) is 41.1 Å². The van der Waals surface area contributed by atoms with Gasteiger partial charge in [0.05, 0.1) is 11.9 Å². The van der Waals surface area contributed by atoms with E-state index in [1.165, 1.54) is 19.1 Å². The van der Waals surface area contributed by atoms with Crippen LogP contribution in [0.2, 0.25) is 0 Å². The number of nitrogens with one attached hydrogen (secondary N) is 2. The first-order valence-electron chi connectivity index (χ1n) is 5.26. The van der Waals surface area contributed by atoms with Gasteiger partial charge in [0.2, 0.25) is 0 Å². The fourth-order valence-electron chi connectivity index (χ4n) is 1.71. The van der Waals surface area contributed by atoms with Gasteiger partial charge in [-0.15, -0.1) is 0 Å². The molecule has 0 saturated heterocycles. The maximum atomic E-state index is 13.8. The average Bonchev–Trinajstić information content (AvgIpc) is 2.72. The van der Waals surface area contributed by atoms with Gasteiger partial charge < -0.3 is 5.32 Å². The summed E-state index contributed by atoms with van der Waals surface area (Å²) in [6.45, 7) is 2.07. The van der Waals surface area contributed by atoms with Crippen LogP contribution in [0.25, 0.3) is 11.3 Å². The number of hydrogen-bond donors (Lipinski definition) is 2. The van der Waals surface area contributed by atoms with Crippen LogP contribution < -0.4 is 5.32 Å². The molecule has 0 saturated carbocycles. The summed E-state index contributed by atoms with van der Waals surface area (Å²) < 4.78 is 27.2. The molecule has 3 nitrogen and oxygen atoms in total. The summed E-state index contributed by atoms with van der Waals surface area (Å²) in [5.41, 5.74) is 1.81. The zero-order valence-electron chi connectivity index (χ0n) is 9.64. The molecule has 0 bridgehead atoms. The van der Waals surface area contributed by atoms with E-state index in [-0.39, 0.29) is 5.56 Å². The van der Waals surface area contributed by atoms with Crippen molar-refractivity contribution in [2.24, 2.45) is 0 Å². The number of aromatic nitrogens is 2. The Morgan fingerprint density at radius 2 is 2.06 bits per heavy atom. The van der Waals surface area contributed by atoms with Gasteiger partial charge in [-0.3, -0.25) is 5.10 Å². The Balaban J connectivity index is 2.52. The van der Waals surface area contributed by atoms with Crippen molar-refractivity contribution in [1.29, 1.82) is 0 Å². The quantitative estimate of drug-likeness (QED) is 0.860. The van der Waals surface area contributed by atoms with Crippen molar-refractivity contribution in [2.45, 2.75) is 13.5 Å². The van der Waals surface area contributed by atoms with Gasteiger partial charge in [0.25, 0.3) is 0 Å². The number of aryl methyl sites for hydroxylation is 1. The second-order valence-corrected chi connectivity index (χ2v) is 3.88.